The molecule has 2 aliphatic heterocycles. The number of aliphatic carboxylic acids is 1. The molecule has 3 aromatic heterocycles. The van der Waals surface area contributed by atoms with Crippen molar-refractivity contribution in [2.75, 3.05) is 43.5 Å². The zero-order valence-corrected chi connectivity index (χ0v) is 17.1. The lowest BCUT2D eigenvalue weighted by molar-refractivity contribution is -0.140. The second-order valence-corrected chi connectivity index (χ2v) is 7.98. The van der Waals surface area contributed by atoms with Crippen LogP contribution in [0.2, 0.25) is 0 Å². The Morgan fingerprint density at radius 2 is 2.06 bits per heavy atom. The van der Waals surface area contributed by atoms with E-state index in [9.17, 15) is 9.90 Å². The van der Waals surface area contributed by atoms with E-state index in [1.807, 2.05) is 24.4 Å². The standard InChI is InChI=1S/C21H25N7O3/c22-18-9-17(14-1-3-16(21(29)30)23-11-14)26-20-15(12-25-28(18)20)13-2-4-19(24-10-13)27-5-7-31-8-6-27/h2,4,9-10,12,14,16,23H,1,3,5-8,11,22H2,(H,29,30). The van der Waals surface area contributed by atoms with E-state index in [0.29, 0.717) is 37.6 Å². The molecule has 2 atom stereocenters. The summed E-state index contributed by atoms with van der Waals surface area (Å²) >= 11 is 0. The van der Waals surface area contributed by atoms with Gasteiger partial charge in [-0.1, -0.05) is 0 Å². The molecule has 10 nitrogen and oxygen atoms in total. The summed E-state index contributed by atoms with van der Waals surface area (Å²) in [5.41, 5.74) is 9.57. The van der Waals surface area contributed by atoms with Crippen molar-refractivity contribution in [1.82, 2.24) is 24.9 Å². The van der Waals surface area contributed by atoms with E-state index in [1.165, 1.54) is 0 Å². The summed E-state index contributed by atoms with van der Waals surface area (Å²) < 4.78 is 7.04. The number of aromatic nitrogens is 4. The molecule has 0 aromatic carbocycles. The fraction of sp³-hybridized carbons (Fsp3) is 0.429. The van der Waals surface area contributed by atoms with Crippen molar-refractivity contribution in [2.24, 2.45) is 0 Å². The first-order valence-corrected chi connectivity index (χ1v) is 10.5. The number of ether oxygens (including phenoxy) is 1. The molecular weight excluding hydrogens is 398 g/mol. The largest absolute Gasteiger partial charge is 0.480 e. The molecule has 31 heavy (non-hydrogen) atoms. The Kier molecular flexibility index (Phi) is 5.16. The number of hydrogen-bond donors (Lipinski definition) is 3. The lowest BCUT2D eigenvalue weighted by atomic mass is 9.92. The third-order valence-electron chi connectivity index (χ3n) is 6.04. The van der Waals surface area contributed by atoms with Crippen molar-refractivity contribution in [3.05, 3.63) is 36.3 Å². The number of rotatable bonds is 4. The molecule has 5 heterocycles. The maximum atomic E-state index is 11.2. The number of fused-ring (bicyclic) bond motifs is 1. The van der Waals surface area contributed by atoms with Crippen LogP contribution in [0, 0.1) is 0 Å². The van der Waals surface area contributed by atoms with Gasteiger partial charge in [-0.3, -0.25) is 4.79 Å². The predicted octanol–water partition coefficient (Wildman–Crippen LogP) is 1.13. The van der Waals surface area contributed by atoms with E-state index in [0.717, 1.165) is 42.1 Å². The van der Waals surface area contributed by atoms with Crippen LogP contribution in [0.1, 0.15) is 24.5 Å². The average molecular weight is 423 g/mol. The highest BCUT2D eigenvalue weighted by Gasteiger charge is 2.27. The number of anilines is 2. The van der Waals surface area contributed by atoms with Crippen molar-refractivity contribution in [1.29, 1.82) is 0 Å². The molecule has 2 saturated heterocycles. The number of carboxylic acids is 1. The fourth-order valence-corrected chi connectivity index (χ4v) is 4.26. The minimum absolute atomic E-state index is 0.104. The zero-order valence-electron chi connectivity index (χ0n) is 17.1. The molecule has 10 heteroatoms. The molecule has 2 aliphatic rings. The second-order valence-electron chi connectivity index (χ2n) is 7.98. The van der Waals surface area contributed by atoms with Crippen molar-refractivity contribution in [2.45, 2.75) is 24.8 Å². The Morgan fingerprint density at radius 3 is 2.74 bits per heavy atom. The van der Waals surface area contributed by atoms with Gasteiger partial charge in [0.05, 0.1) is 25.1 Å². The number of nitrogens with two attached hydrogens (primary N) is 1. The van der Waals surface area contributed by atoms with Gasteiger partial charge in [0.25, 0.3) is 0 Å². The molecule has 2 fully saturated rings. The number of carbonyl (C=O) groups is 1. The van der Waals surface area contributed by atoms with Gasteiger partial charge in [0.15, 0.2) is 5.65 Å². The molecule has 4 N–H and O–H groups in total. The minimum atomic E-state index is -0.813. The highest BCUT2D eigenvalue weighted by molar-refractivity contribution is 5.78. The summed E-state index contributed by atoms with van der Waals surface area (Å²) in [5, 5.41) is 16.7. The van der Waals surface area contributed by atoms with Gasteiger partial charge in [0.1, 0.15) is 17.7 Å². The Balaban J connectivity index is 1.43. The average Bonchev–Trinajstić information content (AvgIpc) is 3.24. The van der Waals surface area contributed by atoms with Crippen LogP contribution >= 0.6 is 0 Å². The van der Waals surface area contributed by atoms with Gasteiger partial charge in [0.2, 0.25) is 0 Å². The third kappa shape index (κ3) is 3.79. The van der Waals surface area contributed by atoms with Gasteiger partial charge in [-0.15, -0.1) is 0 Å². The molecule has 0 saturated carbocycles. The van der Waals surface area contributed by atoms with Crippen LogP contribution in [0.5, 0.6) is 0 Å². The third-order valence-corrected chi connectivity index (χ3v) is 6.04. The quantitative estimate of drug-likeness (QED) is 0.565. The van der Waals surface area contributed by atoms with E-state index in [4.69, 9.17) is 15.5 Å². The number of nitrogen functional groups attached to an aromatic ring is 1. The fourth-order valence-electron chi connectivity index (χ4n) is 4.26. The number of nitrogens with one attached hydrogen (secondary N) is 1. The van der Waals surface area contributed by atoms with Crippen molar-refractivity contribution in [3.63, 3.8) is 0 Å². The van der Waals surface area contributed by atoms with Crippen molar-refractivity contribution >= 4 is 23.3 Å². The van der Waals surface area contributed by atoms with Crippen LogP contribution in [-0.4, -0.2) is 69.5 Å². The van der Waals surface area contributed by atoms with Gasteiger partial charge < -0.3 is 25.8 Å². The molecule has 0 radical (unpaired) electrons. The van der Waals surface area contributed by atoms with E-state index in [1.54, 1.807) is 10.7 Å². The molecule has 0 aliphatic carbocycles. The molecule has 0 bridgehead atoms. The Morgan fingerprint density at radius 1 is 1.23 bits per heavy atom. The summed E-state index contributed by atoms with van der Waals surface area (Å²) in [6, 6.07) is 5.36. The van der Waals surface area contributed by atoms with Crippen LogP contribution in [0.15, 0.2) is 30.6 Å². The summed E-state index contributed by atoms with van der Waals surface area (Å²) in [6.45, 7) is 3.66. The zero-order chi connectivity index (χ0) is 21.4. The topological polar surface area (TPSA) is 131 Å². The van der Waals surface area contributed by atoms with Gasteiger partial charge >= 0.3 is 5.97 Å². The molecule has 0 spiro atoms. The van der Waals surface area contributed by atoms with Crippen LogP contribution < -0.4 is 16.0 Å². The lowest BCUT2D eigenvalue weighted by Gasteiger charge is -2.27. The van der Waals surface area contributed by atoms with Crippen LogP contribution in [0.25, 0.3) is 16.8 Å². The number of nitrogens with zero attached hydrogens (tertiary/aromatic N) is 5. The monoisotopic (exact) mass is 423 g/mol. The first kappa shape index (κ1) is 19.7. The minimum Gasteiger partial charge on any atom is -0.480 e. The second kappa shape index (κ2) is 8.12. The van der Waals surface area contributed by atoms with E-state index in [2.05, 4.69) is 20.3 Å². The van der Waals surface area contributed by atoms with Crippen molar-refractivity contribution in [3.8, 4) is 11.1 Å². The smallest absolute Gasteiger partial charge is 0.320 e. The highest BCUT2D eigenvalue weighted by Crippen LogP contribution is 2.30. The molecular formula is C21H25N7O3. The Labute approximate surface area is 179 Å². The number of piperidine rings is 1. The molecule has 2 unspecified atom stereocenters. The van der Waals surface area contributed by atoms with Crippen molar-refractivity contribution < 1.29 is 14.6 Å². The van der Waals surface area contributed by atoms with Gasteiger partial charge in [0, 0.05) is 48.9 Å². The van der Waals surface area contributed by atoms with Gasteiger partial charge in [-0.05, 0) is 25.0 Å². The van der Waals surface area contributed by atoms with Gasteiger partial charge in [-0.2, -0.15) is 9.61 Å². The molecule has 5 rings (SSSR count). The summed E-state index contributed by atoms with van der Waals surface area (Å²) in [6.07, 6.45) is 4.90. The molecule has 0 amide bonds. The number of morpholine rings is 1. The van der Waals surface area contributed by atoms with Gasteiger partial charge in [-0.25, -0.2) is 9.97 Å². The number of hydrogen-bond acceptors (Lipinski definition) is 8. The lowest BCUT2D eigenvalue weighted by Crippen LogP contribution is -2.43. The predicted molar refractivity (Wildman–Crippen MR) is 115 cm³/mol. The molecule has 3 aromatic rings. The van der Waals surface area contributed by atoms with E-state index < -0.39 is 12.0 Å². The first-order chi connectivity index (χ1) is 15.1. The Hall–Kier alpha value is -3.24. The first-order valence-electron chi connectivity index (χ1n) is 10.5. The Bertz CT molecular complexity index is 1080. The van der Waals surface area contributed by atoms with Crippen LogP contribution in [0.4, 0.5) is 11.6 Å². The summed E-state index contributed by atoms with van der Waals surface area (Å²) in [7, 11) is 0. The van der Waals surface area contributed by atoms with E-state index >= 15 is 0 Å². The number of pyridine rings is 1. The number of carboxylic acid groups (broad SMARTS) is 1. The molecule has 162 valence electrons. The SMILES string of the molecule is Nc1cc(C2CCC(C(=O)O)NC2)nc2c(-c3ccc(N4CCOCC4)nc3)cnn12. The van der Waals surface area contributed by atoms with Crippen LogP contribution in [-0.2, 0) is 9.53 Å². The summed E-state index contributed by atoms with van der Waals surface area (Å²) in [5.74, 6) is 0.724. The normalized spacial score (nSPS) is 22.0. The maximum absolute atomic E-state index is 11.2. The maximum Gasteiger partial charge on any atom is 0.320 e. The van der Waals surface area contributed by atoms with Crippen LogP contribution in [0.3, 0.4) is 0 Å². The summed E-state index contributed by atoms with van der Waals surface area (Å²) in [4.78, 5) is 22.9. The highest BCUT2D eigenvalue weighted by atomic mass is 16.5. The van der Waals surface area contributed by atoms with E-state index in [-0.39, 0.29) is 5.92 Å².